The smallest absolute Gasteiger partial charge is 0.241 e. The third-order valence-electron chi connectivity index (χ3n) is 3.25. The summed E-state index contributed by atoms with van der Waals surface area (Å²) in [7, 11) is 1.80. The standard InChI is InChI=1S/C15H19ClN4O2/c1-10(15(22)19-13-5-3-4-12(16)6-13)18-14(9-21)11-7-17-20(2)8-11/h3-8,10,14,18,21H,9H2,1-2H3,(H,19,22)/t10-,14-/m0/s1. The summed E-state index contributed by atoms with van der Waals surface area (Å²) >= 11 is 5.89. The van der Waals surface area contributed by atoms with Gasteiger partial charge in [0, 0.05) is 29.5 Å². The molecular weight excluding hydrogens is 304 g/mol. The van der Waals surface area contributed by atoms with E-state index >= 15 is 0 Å². The topological polar surface area (TPSA) is 79.2 Å². The molecule has 0 unspecified atom stereocenters. The maximum atomic E-state index is 12.2. The summed E-state index contributed by atoms with van der Waals surface area (Å²) < 4.78 is 1.65. The van der Waals surface area contributed by atoms with Crippen LogP contribution in [0, 0.1) is 0 Å². The van der Waals surface area contributed by atoms with Crippen molar-refractivity contribution in [2.45, 2.75) is 19.0 Å². The summed E-state index contributed by atoms with van der Waals surface area (Å²) in [5, 5.41) is 20.0. The van der Waals surface area contributed by atoms with Gasteiger partial charge in [0.15, 0.2) is 0 Å². The SMILES string of the molecule is C[C@H](N[C@@H](CO)c1cnn(C)c1)C(=O)Nc1cccc(Cl)c1. The van der Waals surface area contributed by atoms with Crippen LogP contribution in [0.3, 0.4) is 0 Å². The Morgan fingerprint density at radius 1 is 1.50 bits per heavy atom. The quantitative estimate of drug-likeness (QED) is 0.756. The molecule has 1 amide bonds. The minimum absolute atomic E-state index is 0.125. The van der Waals surface area contributed by atoms with Gasteiger partial charge in [0.05, 0.1) is 24.9 Å². The van der Waals surface area contributed by atoms with Crippen LogP contribution >= 0.6 is 11.6 Å². The van der Waals surface area contributed by atoms with E-state index in [-0.39, 0.29) is 18.6 Å². The Hall–Kier alpha value is -1.89. The lowest BCUT2D eigenvalue weighted by molar-refractivity contribution is -0.118. The number of aryl methyl sites for hydroxylation is 1. The highest BCUT2D eigenvalue weighted by Gasteiger charge is 2.19. The summed E-state index contributed by atoms with van der Waals surface area (Å²) in [5.74, 6) is -0.204. The van der Waals surface area contributed by atoms with Crippen LogP contribution in [0.25, 0.3) is 0 Å². The van der Waals surface area contributed by atoms with Crippen molar-refractivity contribution in [2.75, 3.05) is 11.9 Å². The Labute approximate surface area is 134 Å². The summed E-state index contributed by atoms with van der Waals surface area (Å²) in [5.41, 5.74) is 1.46. The van der Waals surface area contributed by atoms with Gasteiger partial charge < -0.3 is 10.4 Å². The maximum Gasteiger partial charge on any atom is 0.241 e. The van der Waals surface area contributed by atoms with Crippen LogP contribution in [0.1, 0.15) is 18.5 Å². The summed E-state index contributed by atoms with van der Waals surface area (Å²) in [6.45, 7) is 1.61. The molecule has 2 aromatic rings. The van der Waals surface area contributed by atoms with Gasteiger partial charge >= 0.3 is 0 Å². The molecule has 0 aliphatic rings. The molecule has 3 N–H and O–H groups in total. The third kappa shape index (κ3) is 4.30. The number of aromatic nitrogens is 2. The molecule has 118 valence electrons. The van der Waals surface area contributed by atoms with Crippen LogP contribution in [0.2, 0.25) is 5.02 Å². The fraction of sp³-hybridized carbons (Fsp3) is 0.333. The molecule has 1 heterocycles. The Bertz CT molecular complexity index is 644. The fourth-order valence-electron chi connectivity index (χ4n) is 2.07. The van der Waals surface area contributed by atoms with Gasteiger partial charge in [-0.05, 0) is 25.1 Å². The van der Waals surface area contributed by atoms with Gasteiger partial charge in [-0.1, -0.05) is 17.7 Å². The first-order chi connectivity index (χ1) is 10.5. The molecule has 0 aliphatic heterocycles. The van der Waals surface area contributed by atoms with Gasteiger partial charge in [0.2, 0.25) is 5.91 Å². The van der Waals surface area contributed by atoms with Gasteiger partial charge in [-0.2, -0.15) is 5.10 Å². The molecule has 7 heteroatoms. The summed E-state index contributed by atoms with van der Waals surface area (Å²) in [6.07, 6.45) is 3.46. The zero-order valence-electron chi connectivity index (χ0n) is 12.5. The highest BCUT2D eigenvalue weighted by molar-refractivity contribution is 6.30. The van der Waals surface area contributed by atoms with E-state index in [4.69, 9.17) is 11.6 Å². The van der Waals surface area contributed by atoms with Crippen molar-refractivity contribution in [3.63, 3.8) is 0 Å². The van der Waals surface area contributed by atoms with Crippen LogP contribution < -0.4 is 10.6 Å². The van der Waals surface area contributed by atoms with Gasteiger partial charge in [-0.25, -0.2) is 0 Å². The second kappa shape index (κ2) is 7.40. The number of hydrogen-bond donors (Lipinski definition) is 3. The molecule has 0 radical (unpaired) electrons. The molecule has 0 spiro atoms. The van der Waals surface area contributed by atoms with Crippen molar-refractivity contribution < 1.29 is 9.90 Å². The van der Waals surface area contributed by atoms with Gasteiger partial charge in [0.1, 0.15) is 0 Å². The molecule has 0 saturated carbocycles. The van der Waals surface area contributed by atoms with E-state index in [0.29, 0.717) is 10.7 Å². The zero-order chi connectivity index (χ0) is 16.1. The van der Waals surface area contributed by atoms with Crippen molar-refractivity contribution in [3.05, 3.63) is 47.2 Å². The van der Waals surface area contributed by atoms with E-state index in [1.807, 2.05) is 0 Å². The molecular formula is C15H19ClN4O2. The molecule has 0 aliphatic carbocycles. The number of carbonyl (C=O) groups excluding carboxylic acids is 1. The largest absolute Gasteiger partial charge is 0.394 e. The second-order valence-corrected chi connectivity index (χ2v) is 5.51. The van der Waals surface area contributed by atoms with Crippen molar-refractivity contribution in [2.24, 2.45) is 7.05 Å². The lowest BCUT2D eigenvalue weighted by Crippen LogP contribution is -2.41. The number of amides is 1. The number of anilines is 1. The number of aliphatic hydroxyl groups is 1. The van der Waals surface area contributed by atoms with Crippen molar-refractivity contribution in [3.8, 4) is 0 Å². The number of halogens is 1. The molecule has 6 nitrogen and oxygen atoms in total. The van der Waals surface area contributed by atoms with E-state index < -0.39 is 6.04 Å². The molecule has 2 rings (SSSR count). The third-order valence-corrected chi connectivity index (χ3v) is 3.48. The van der Waals surface area contributed by atoms with E-state index in [2.05, 4.69) is 15.7 Å². The highest BCUT2D eigenvalue weighted by Crippen LogP contribution is 2.16. The molecule has 0 bridgehead atoms. The zero-order valence-corrected chi connectivity index (χ0v) is 13.2. The van der Waals surface area contributed by atoms with Gasteiger partial charge in [-0.3, -0.25) is 14.8 Å². The van der Waals surface area contributed by atoms with Crippen LogP contribution in [-0.2, 0) is 11.8 Å². The van der Waals surface area contributed by atoms with Gasteiger partial charge in [-0.15, -0.1) is 0 Å². The van der Waals surface area contributed by atoms with E-state index in [9.17, 15) is 9.90 Å². The van der Waals surface area contributed by atoms with Crippen LogP contribution in [-0.4, -0.2) is 33.4 Å². The van der Waals surface area contributed by atoms with E-state index in [1.165, 1.54) is 0 Å². The Balaban J connectivity index is 1.98. The summed E-state index contributed by atoms with van der Waals surface area (Å²) in [6, 6.07) is 6.11. The predicted octanol–water partition coefficient (Wildman–Crippen LogP) is 1.72. The average Bonchev–Trinajstić information content (AvgIpc) is 2.90. The van der Waals surface area contributed by atoms with Crippen molar-refractivity contribution in [1.82, 2.24) is 15.1 Å². The first-order valence-electron chi connectivity index (χ1n) is 6.91. The lowest BCUT2D eigenvalue weighted by atomic mass is 10.1. The number of carbonyl (C=O) groups is 1. The molecule has 2 atom stereocenters. The van der Waals surface area contributed by atoms with Crippen LogP contribution in [0.4, 0.5) is 5.69 Å². The van der Waals surface area contributed by atoms with Gasteiger partial charge in [0.25, 0.3) is 0 Å². The highest BCUT2D eigenvalue weighted by atomic mass is 35.5. The number of nitrogens with one attached hydrogen (secondary N) is 2. The maximum absolute atomic E-state index is 12.2. The number of aliphatic hydroxyl groups excluding tert-OH is 1. The first kappa shape index (κ1) is 16.5. The normalized spacial score (nSPS) is 13.6. The number of hydrogen-bond acceptors (Lipinski definition) is 4. The first-order valence-corrected chi connectivity index (χ1v) is 7.29. The number of nitrogens with zero attached hydrogens (tertiary/aromatic N) is 2. The van der Waals surface area contributed by atoms with E-state index in [0.717, 1.165) is 5.56 Å². The Kier molecular flexibility index (Phi) is 5.54. The minimum Gasteiger partial charge on any atom is -0.394 e. The minimum atomic E-state index is -0.490. The van der Waals surface area contributed by atoms with Crippen LogP contribution in [0.5, 0.6) is 0 Å². The van der Waals surface area contributed by atoms with E-state index in [1.54, 1.807) is 55.3 Å². The Morgan fingerprint density at radius 2 is 2.27 bits per heavy atom. The molecule has 22 heavy (non-hydrogen) atoms. The van der Waals surface area contributed by atoms with Crippen molar-refractivity contribution in [1.29, 1.82) is 0 Å². The lowest BCUT2D eigenvalue weighted by Gasteiger charge is -2.20. The molecule has 0 fully saturated rings. The number of rotatable bonds is 6. The molecule has 1 aromatic carbocycles. The van der Waals surface area contributed by atoms with Crippen molar-refractivity contribution >= 4 is 23.2 Å². The average molecular weight is 323 g/mol. The monoisotopic (exact) mass is 322 g/mol. The number of benzene rings is 1. The Morgan fingerprint density at radius 3 is 2.86 bits per heavy atom. The molecule has 1 aromatic heterocycles. The van der Waals surface area contributed by atoms with Crippen LogP contribution in [0.15, 0.2) is 36.7 Å². The summed E-state index contributed by atoms with van der Waals surface area (Å²) in [4.78, 5) is 12.2. The predicted molar refractivity (Wildman–Crippen MR) is 85.7 cm³/mol. The fourth-order valence-corrected chi connectivity index (χ4v) is 2.26. The second-order valence-electron chi connectivity index (χ2n) is 5.07. The molecule has 0 saturated heterocycles.